The van der Waals surface area contributed by atoms with Gasteiger partial charge in [0, 0.05) is 6.42 Å². The zero-order valence-corrected chi connectivity index (χ0v) is 4.98. The molecular weight excluding hydrogens is 106 g/mol. The quantitative estimate of drug-likeness (QED) is 0.505. The van der Waals surface area contributed by atoms with Crippen LogP contribution in [0.2, 0.25) is 0 Å². The van der Waals surface area contributed by atoms with Gasteiger partial charge in [0.15, 0.2) is 0 Å². The van der Waals surface area contributed by atoms with Gasteiger partial charge in [0.1, 0.15) is 6.73 Å². The van der Waals surface area contributed by atoms with Crippen LogP contribution in [-0.2, 0) is 4.79 Å². The lowest BCUT2D eigenvalue weighted by atomic mass is 10.3. The zero-order valence-electron chi connectivity index (χ0n) is 4.98. The first-order valence-electron chi connectivity index (χ1n) is 2.68. The number of carbonyl (C=O) groups excluding carboxylic acids is 1. The molecule has 0 spiro atoms. The first kappa shape index (κ1) is 7.43. The number of amides is 1. The Morgan fingerprint density at radius 3 is 2.75 bits per heavy atom. The first-order chi connectivity index (χ1) is 3.81. The summed E-state index contributed by atoms with van der Waals surface area (Å²) in [7, 11) is 0. The highest BCUT2D eigenvalue weighted by atomic mass is 16.3. The van der Waals surface area contributed by atoms with Crippen LogP contribution in [-0.4, -0.2) is 17.7 Å². The number of aliphatic hydroxyl groups excluding tert-OH is 1. The van der Waals surface area contributed by atoms with E-state index in [-0.39, 0.29) is 12.6 Å². The molecule has 0 aliphatic carbocycles. The topological polar surface area (TPSA) is 49.3 Å². The van der Waals surface area contributed by atoms with Crippen LogP contribution >= 0.6 is 0 Å². The second-order valence-corrected chi connectivity index (χ2v) is 1.51. The van der Waals surface area contributed by atoms with E-state index in [2.05, 4.69) is 5.32 Å². The maximum atomic E-state index is 10.4. The molecule has 48 valence electrons. The molecule has 2 N–H and O–H groups in total. The molecule has 0 saturated carbocycles. The van der Waals surface area contributed by atoms with Gasteiger partial charge in [0.05, 0.1) is 0 Å². The van der Waals surface area contributed by atoms with Crippen LogP contribution in [0.5, 0.6) is 0 Å². The van der Waals surface area contributed by atoms with Gasteiger partial charge in [-0.3, -0.25) is 4.79 Å². The maximum Gasteiger partial charge on any atom is 0.221 e. The highest BCUT2D eigenvalue weighted by Gasteiger charge is 1.93. The van der Waals surface area contributed by atoms with Crippen LogP contribution < -0.4 is 5.32 Å². The minimum atomic E-state index is -0.251. The Balaban J connectivity index is 3.06. The molecule has 0 aromatic carbocycles. The second kappa shape index (κ2) is 4.59. The van der Waals surface area contributed by atoms with Crippen LogP contribution in [0.25, 0.3) is 0 Å². The number of hydrogen-bond acceptors (Lipinski definition) is 2. The third-order valence-corrected chi connectivity index (χ3v) is 0.753. The van der Waals surface area contributed by atoms with Gasteiger partial charge in [-0.15, -0.1) is 0 Å². The lowest BCUT2D eigenvalue weighted by molar-refractivity contribution is -0.122. The van der Waals surface area contributed by atoms with Gasteiger partial charge < -0.3 is 10.4 Å². The molecule has 0 rings (SSSR count). The van der Waals surface area contributed by atoms with E-state index in [0.717, 1.165) is 6.42 Å². The average Bonchev–Trinajstić information content (AvgIpc) is 1.68. The number of rotatable bonds is 3. The van der Waals surface area contributed by atoms with Gasteiger partial charge in [-0.2, -0.15) is 0 Å². The van der Waals surface area contributed by atoms with Crippen molar-refractivity contribution in [3.05, 3.63) is 0 Å². The highest BCUT2D eigenvalue weighted by Crippen LogP contribution is 1.83. The molecular formula is C5H11NO2. The van der Waals surface area contributed by atoms with Gasteiger partial charge in [-0.05, 0) is 6.42 Å². The Hall–Kier alpha value is -0.570. The molecule has 0 unspecified atom stereocenters. The minimum Gasteiger partial charge on any atom is -0.377 e. The molecule has 0 aromatic rings. The Morgan fingerprint density at radius 1 is 1.75 bits per heavy atom. The molecule has 0 aliphatic rings. The molecule has 0 saturated heterocycles. The molecule has 0 atom stereocenters. The van der Waals surface area contributed by atoms with Crippen LogP contribution in [0.4, 0.5) is 0 Å². The number of hydrogen-bond donors (Lipinski definition) is 2. The summed E-state index contributed by atoms with van der Waals surface area (Å²) >= 11 is 0. The summed E-state index contributed by atoms with van der Waals surface area (Å²) in [5.41, 5.74) is 0. The molecule has 0 heterocycles. The van der Waals surface area contributed by atoms with E-state index in [9.17, 15) is 4.79 Å². The molecule has 0 aliphatic heterocycles. The summed E-state index contributed by atoms with van der Waals surface area (Å²) < 4.78 is 0. The summed E-state index contributed by atoms with van der Waals surface area (Å²) in [6.07, 6.45) is 1.33. The van der Waals surface area contributed by atoms with E-state index in [1.807, 2.05) is 6.92 Å². The fourth-order valence-electron chi connectivity index (χ4n) is 0.404. The van der Waals surface area contributed by atoms with Crippen molar-refractivity contribution in [1.82, 2.24) is 5.32 Å². The lowest BCUT2D eigenvalue weighted by Gasteiger charge is -1.95. The van der Waals surface area contributed by atoms with Gasteiger partial charge in [-0.1, -0.05) is 6.92 Å². The van der Waals surface area contributed by atoms with Crippen molar-refractivity contribution in [2.45, 2.75) is 19.8 Å². The molecule has 0 fully saturated rings. The summed E-state index contributed by atoms with van der Waals surface area (Å²) in [6, 6.07) is 0. The van der Waals surface area contributed by atoms with E-state index in [4.69, 9.17) is 5.11 Å². The predicted octanol–water partition coefficient (Wildman–Crippen LogP) is -0.148. The second-order valence-electron chi connectivity index (χ2n) is 1.51. The number of carbonyl (C=O) groups is 1. The van der Waals surface area contributed by atoms with Crippen LogP contribution in [0.15, 0.2) is 0 Å². The van der Waals surface area contributed by atoms with Crippen LogP contribution in [0.1, 0.15) is 19.8 Å². The first-order valence-corrected chi connectivity index (χ1v) is 2.68. The smallest absolute Gasteiger partial charge is 0.221 e. The summed E-state index contributed by atoms with van der Waals surface area (Å²) in [4.78, 5) is 10.4. The third kappa shape index (κ3) is 3.61. The van der Waals surface area contributed by atoms with Crippen molar-refractivity contribution >= 4 is 5.91 Å². The van der Waals surface area contributed by atoms with Crippen molar-refractivity contribution in [2.24, 2.45) is 0 Å². The van der Waals surface area contributed by atoms with Crippen molar-refractivity contribution in [1.29, 1.82) is 0 Å². The Morgan fingerprint density at radius 2 is 2.38 bits per heavy atom. The van der Waals surface area contributed by atoms with Crippen molar-refractivity contribution in [3.63, 3.8) is 0 Å². The molecule has 8 heavy (non-hydrogen) atoms. The SMILES string of the molecule is CCCC(=O)NCO. The Bertz CT molecular complexity index is 64.8. The standard InChI is InChI=1S/C5H11NO2/c1-2-3-5(8)6-4-7/h7H,2-4H2,1H3,(H,6,8). The van der Waals surface area contributed by atoms with Gasteiger partial charge in [-0.25, -0.2) is 0 Å². The minimum absolute atomic E-state index is 0.0880. The lowest BCUT2D eigenvalue weighted by Crippen LogP contribution is -2.23. The molecule has 1 amide bonds. The van der Waals surface area contributed by atoms with E-state index in [0.29, 0.717) is 6.42 Å². The average molecular weight is 117 g/mol. The molecule has 0 aromatic heterocycles. The Labute approximate surface area is 48.7 Å². The number of nitrogens with one attached hydrogen (secondary N) is 1. The van der Waals surface area contributed by atoms with Crippen LogP contribution in [0, 0.1) is 0 Å². The summed E-state index contributed by atoms with van der Waals surface area (Å²) in [6.45, 7) is 1.66. The van der Waals surface area contributed by atoms with E-state index < -0.39 is 0 Å². The van der Waals surface area contributed by atoms with Gasteiger partial charge in [0.25, 0.3) is 0 Å². The highest BCUT2D eigenvalue weighted by molar-refractivity contribution is 5.75. The van der Waals surface area contributed by atoms with Crippen molar-refractivity contribution < 1.29 is 9.90 Å². The van der Waals surface area contributed by atoms with E-state index >= 15 is 0 Å². The van der Waals surface area contributed by atoms with E-state index in [1.165, 1.54) is 0 Å². The number of aliphatic hydroxyl groups is 1. The predicted molar refractivity (Wildman–Crippen MR) is 30.1 cm³/mol. The summed E-state index contributed by atoms with van der Waals surface area (Å²) in [5.74, 6) is -0.0880. The maximum absolute atomic E-state index is 10.4. The third-order valence-electron chi connectivity index (χ3n) is 0.753. The summed E-state index contributed by atoms with van der Waals surface area (Å²) in [5, 5.41) is 10.4. The Kier molecular flexibility index (Phi) is 4.26. The zero-order chi connectivity index (χ0) is 6.41. The normalized spacial score (nSPS) is 8.75. The van der Waals surface area contributed by atoms with Gasteiger partial charge >= 0.3 is 0 Å². The van der Waals surface area contributed by atoms with Crippen LogP contribution in [0.3, 0.4) is 0 Å². The molecule has 0 radical (unpaired) electrons. The molecule has 0 bridgehead atoms. The van der Waals surface area contributed by atoms with Crippen molar-refractivity contribution in [3.8, 4) is 0 Å². The molecule has 3 heteroatoms. The van der Waals surface area contributed by atoms with E-state index in [1.54, 1.807) is 0 Å². The fraction of sp³-hybridized carbons (Fsp3) is 0.800. The van der Waals surface area contributed by atoms with Crippen molar-refractivity contribution in [2.75, 3.05) is 6.73 Å². The van der Waals surface area contributed by atoms with Gasteiger partial charge in [0.2, 0.25) is 5.91 Å². The fourth-order valence-corrected chi connectivity index (χ4v) is 0.404. The molecule has 3 nitrogen and oxygen atoms in total. The largest absolute Gasteiger partial charge is 0.377 e. The monoisotopic (exact) mass is 117 g/mol.